The number of methoxy groups -OCH3 is 1. The molecule has 2 aliphatic carbocycles. The Bertz CT molecular complexity index is 559. The van der Waals surface area contributed by atoms with Crippen molar-refractivity contribution >= 4 is 11.4 Å². The third-order valence-electron chi connectivity index (χ3n) is 3.79. The Morgan fingerprint density at radius 1 is 1.39 bits per heavy atom. The summed E-state index contributed by atoms with van der Waals surface area (Å²) in [6.45, 7) is 0. The molecule has 94 valence electrons. The molecule has 0 aliphatic heterocycles. The number of phenolic OH excluding ortho intramolecular Hbond substituents is 1. The minimum absolute atomic E-state index is 0.113. The first-order chi connectivity index (χ1) is 8.61. The maximum atomic E-state index is 11.6. The molecule has 0 amide bonds. The molecule has 2 N–H and O–H groups in total. The van der Waals surface area contributed by atoms with Crippen LogP contribution in [0.4, 0.5) is 0 Å². The van der Waals surface area contributed by atoms with E-state index in [2.05, 4.69) is 0 Å². The van der Waals surface area contributed by atoms with Crippen LogP contribution in [0.3, 0.4) is 0 Å². The Kier molecular flexibility index (Phi) is 2.41. The molecule has 0 bridgehead atoms. The molecule has 1 aromatic carbocycles. The van der Waals surface area contributed by atoms with Crippen LogP contribution in [0.5, 0.6) is 11.5 Å². The lowest BCUT2D eigenvalue weighted by atomic mass is 9.79. The largest absolute Gasteiger partial charge is 0.507 e. The Labute approximate surface area is 105 Å². The fourth-order valence-electron chi connectivity index (χ4n) is 2.90. The van der Waals surface area contributed by atoms with Gasteiger partial charge in [-0.1, -0.05) is 0 Å². The Morgan fingerprint density at radius 2 is 2.17 bits per heavy atom. The second-order valence-electron chi connectivity index (χ2n) is 4.77. The van der Waals surface area contributed by atoms with Crippen molar-refractivity contribution in [3.8, 4) is 11.5 Å². The van der Waals surface area contributed by atoms with E-state index >= 15 is 0 Å². The number of ketones is 1. The van der Waals surface area contributed by atoms with Crippen molar-refractivity contribution in [1.82, 2.24) is 0 Å². The molecular weight excluding hydrogens is 232 g/mol. The van der Waals surface area contributed by atoms with Crippen molar-refractivity contribution in [2.45, 2.75) is 18.9 Å². The quantitative estimate of drug-likeness (QED) is 0.783. The van der Waals surface area contributed by atoms with Gasteiger partial charge in [-0.05, 0) is 36.1 Å². The van der Waals surface area contributed by atoms with Gasteiger partial charge in [0.05, 0.1) is 7.11 Å². The van der Waals surface area contributed by atoms with E-state index in [0.29, 0.717) is 11.3 Å². The minimum Gasteiger partial charge on any atom is -0.507 e. The number of aliphatic hydroxyl groups excluding tert-OH is 1. The van der Waals surface area contributed by atoms with Crippen LogP contribution in [0.15, 0.2) is 18.2 Å². The number of aromatic hydroxyl groups is 1. The molecule has 0 saturated heterocycles. The third-order valence-corrected chi connectivity index (χ3v) is 3.79. The average molecular weight is 246 g/mol. The number of aryl methyl sites for hydroxylation is 1. The predicted molar refractivity (Wildman–Crippen MR) is 65.5 cm³/mol. The summed E-state index contributed by atoms with van der Waals surface area (Å²) in [5, 5.41) is 19.9. The molecule has 0 fully saturated rings. The van der Waals surface area contributed by atoms with Crippen LogP contribution in [-0.4, -0.2) is 29.2 Å². The molecule has 2 unspecified atom stereocenters. The lowest BCUT2D eigenvalue weighted by Crippen LogP contribution is -2.25. The lowest BCUT2D eigenvalue weighted by molar-refractivity contribution is -0.122. The summed E-state index contributed by atoms with van der Waals surface area (Å²) in [6.07, 6.45) is 1.96. The summed E-state index contributed by atoms with van der Waals surface area (Å²) in [7, 11) is 1.55. The summed E-state index contributed by atoms with van der Waals surface area (Å²) < 4.78 is 5.12. The molecular formula is C14H14O4. The van der Waals surface area contributed by atoms with Gasteiger partial charge in [-0.3, -0.25) is 4.79 Å². The van der Waals surface area contributed by atoms with Crippen molar-refractivity contribution in [1.29, 1.82) is 0 Å². The lowest BCUT2D eigenvalue weighted by Gasteiger charge is -2.26. The van der Waals surface area contributed by atoms with Crippen LogP contribution in [0, 0.1) is 5.92 Å². The number of carbonyl (C=O) groups excluding carboxylic acids is 1. The van der Waals surface area contributed by atoms with Crippen molar-refractivity contribution in [3.05, 3.63) is 29.3 Å². The van der Waals surface area contributed by atoms with Gasteiger partial charge in [0.2, 0.25) is 0 Å². The number of benzene rings is 1. The molecule has 18 heavy (non-hydrogen) atoms. The number of hydrogen-bond donors (Lipinski definition) is 2. The minimum atomic E-state index is -0.949. The Balaban J connectivity index is 2.16. The zero-order valence-electron chi connectivity index (χ0n) is 10.0. The zero-order chi connectivity index (χ0) is 12.9. The molecule has 2 atom stereocenters. The first kappa shape index (κ1) is 11.3. The summed E-state index contributed by atoms with van der Waals surface area (Å²) in [5.74, 6) is 0.278. The van der Waals surface area contributed by atoms with E-state index < -0.39 is 6.10 Å². The molecule has 0 spiro atoms. The summed E-state index contributed by atoms with van der Waals surface area (Å²) in [6, 6.07) is 3.42. The molecule has 0 aromatic heterocycles. The van der Waals surface area contributed by atoms with Gasteiger partial charge in [0.15, 0.2) is 5.78 Å². The number of fused-ring (bicyclic) bond motifs is 3. The van der Waals surface area contributed by atoms with Crippen LogP contribution < -0.4 is 4.74 Å². The maximum absolute atomic E-state index is 11.6. The van der Waals surface area contributed by atoms with E-state index in [-0.39, 0.29) is 17.5 Å². The molecule has 3 rings (SSSR count). The van der Waals surface area contributed by atoms with Gasteiger partial charge in [0, 0.05) is 17.5 Å². The van der Waals surface area contributed by atoms with Crippen LogP contribution in [0.25, 0.3) is 5.57 Å². The SMILES string of the molecule is COc1cc(O)c2c(c1)CCC1C2=CC(=O)C1O. The smallest absolute Gasteiger partial charge is 0.185 e. The van der Waals surface area contributed by atoms with Crippen molar-refractivity contribution in [2.75, 3.05) is 7.11 Å². The number of rotatable bonds is 1. The maximum Gasteiger partial charge on any atom is 0.185 e. The van der Waals surface area contributed by atoms with Gasteiger partial charge in [-0.15, -0.1) is 0 Å². The number of aliphatic hydroxyl groups is 1. The molecule has 4 heteroatoms. The van der Waals surface area contributed by atoms with Crippen molar-refractivity contribution in [3.63, 3.8) is 0 Å². The molecule has 0 saturated carbocycles. The second-order valence-corrected chi connectivity index (χ2v) is 4.77. The fourth-order valence-corrected chi connectivity index (χ4v) is 2.90. The first-order valence-corrected chi connectivity index (χ1v) is 5.95. The Morgan fingerprint density at radius 3 is 2.89 bits per heavy atom. The average Bonchev–Trinajstić information content (AvgIpc) is 2.64. The van der Waals surface area contributed by atoms with E-state index in [0.717, 1.165) is 24.0 Å². The van der Waals surface area contributed by atoms with Crippen molar-refractivity contribution < 1.29 is 19.7 Å². The van der Waals surface area contributed by atoms with E-state index in [1.165, 1.54) is 12.1 Å². The highest BCUT2D eigenvalue weighted by molar-refractivity contribution is 6.07. The molecule has 0 radical (unpaired) electrons. The van der Waals surface area contributed by atoms with E-state index in [9.17, 15) is 15.0 Å². The van der Waals surface area contributed by atoms with Gasteiger partial charge in [-0.25, -0.2) is 0 Å². The van der Waals surface area contributed by atoms with Crippen LogP contribution in [0.2, 0.25) is 0 Å². The van der Waals surface area contributed by atoms with Gasteiger partial charge < -0.3 is 14.9 Å². The molecule has 0 heterocycles. The molecule has 4 nitrogen and oxygen atoms in total. The number of hydrogen-bond acceptors (Lipinski definition) is 4. The van der Waals surface area contributed by atoms with Gasteiger partial charge >= 0.3 is 0 Å². The first-order valence-electron chi connectivity index (χ1n) is 5.95. The topological polar surface area (TPSA) is 66.8 Å². The highest BCUT2D eigenvalue weighted by Gasteiger charge is 2.39. The normalized spacial score (nSPS) is 25.4. The summed E-state index contributed by atoms with van der Waals surface area (Å²) >= 11 is 0. The van der Waals surface area contributed by atoms with Crippen LogP contribution in [0.1, 0.15) is 17.5 Å². The van der Waals surface area contributed by atoms with E-state index in [1.54, 1.807) is 7.11 Å². The predicted octanol–water partition coefficient (Wildman–Crippen LogP) is 1.29. The Hall–Kier alpha value is -1.81. The summed E-state index contributed by atoms with van der Waals surface area (Å²) in [4.78, 5) is 11.6. The second kappa shape index (κ2) is 3.85. The van der Waals surface area contributed by atoms with Crippen molar-refractivity contribution in [2.24, 2.45) is 5.92 Å². The highest BCUT2D eigenvalue weighted by atomic mass is 16.5. The fraction of sp³-hybridized carbons (Fsp3) is 0.357. The monoisotopic (exact) mass is 246 g/mol. The number of ether oxygens (including phenoxy) is 1. The summed E-state index contributed by atoms with van der Waals surface area (Å²) in [5.41, 5.74) is 2.42. The van der Waals surface area contributed by atoms with E-state index in [4.69, 9.17) is 4.74 Å². The zero-order valence-corrected chi connectivity index (χ0v) is 10.0. The van der Waals surface area contributed by atoms with Gasteiger partial charge in [0.25, 0.3) is 0 Å². The highest BCUT2D eigenvalue weighted by Crippen LogP contribution is 2.46. The standard InChI is InChI=1S/C14H14O4/c1-18-8-4-7-2-3-9-10(6-12(16)14(9)17)13(7)11(15)5-8/h4-6,9,14-15,17H,2-3H2,1H3. The van der Waals surface area contributed by atoms with Gasteiger partial charge in [0.1, 0.15) is 17.6 Å². The van der Waals surface area contributed by atoms with E-state index in [1.807, 2.05) is 6.07 Å². The van der Waals surface area contributed by atoms with Crippen LogP contribution >= 0.6 is 0 Å². The molecule has 1 aromatic rings. The van der Waals surface area contributed by atoms with Crippen LogP contribution in [-0.2, 0) is 11.2 Å². The number of carbonyl (C=O) groups is 1. The third kappa shape index (κ3) is 1.46. The molecule has 2 aliphatic rings. The number of phenols is 1. The van der Waals surface area contributed by atoms with Gasteiger partial charge in [-0.2, -0.15) is 0 Å².